The smallest absolute Gasteiger partial charge is 0.243 e. The van der Waals surface area contributed by atoms with Gasteiger partial charge in [-0.25, -0.2) is 4.98 Å². The Bertz CT molecular complexity index is 519. The van der Waals surface area contributed by atoms with Gasteiger partial charge in [0.1, 0.15) is 11.9 Å². The molecule has 0 fully saturated rings. The summed E-state index contributed by atoms with van der Waals surface area (Å²) in [5.74, 6) is 0.433. The van der Waals surface area contributed by atoms with Crippen molar-refractivity contribution in [2.45, 2.75) is 45.3 Å². The Kier molecular flexibility index (Phi) is 4.57. The monoisotopic (exact) mass is 290 g/mol. The number of nitrogens with zero attached hydrogens (tertiary/aromatic N) is 1. The first kappa shape index (κ1) is 15.4. The third-order valence-electron chi connectivity index (χ3n) is 3.78. The summed E-state index contributed by atoms with van der Waals surface area (Å²) in [6, 6.07) is 2.24. The molecule has 2 unspecified atom stereocenters. The molecule has 2 heterocycles. The molecule has 21 heavy (non-hydrogen) atoms. The zero-order valence-corrected chi connectivity index (χ0v) is 12.6. The van der Waals surface area contributed by atoms with E-state index in [1.165, 1.54) is 0 Å². The van der Waals surface area contributed by atoms with Crippen molar-refractivity contribution in [1.29, 1.82) is 0 Å². The molecule has 0 aliphatic carbocycles. The largest absolute Gasteiger partial charge is 0.358 e. The molecule has 1 aliphatic heterocycles. The summed E-state index contributed by atoms with van der Waals surface area (Å²) in [6.45, 7) is 5.44. The SMILES string of the molecule is CC(NC(=O)C1Cc2cccnc2N1)C(=O)[C@@H](N)C(C)C. The van der Waals surface area contributed by atoms with Crippen molar-refractivity contribution in [3.05, 3.63) is 23.9 Å². The summed E-state index contributed by atoms with van der Waals surface area (Å²) in [6.07, 6.45) is 2.26. The number of aromatic nitrogens is 1. The molecule has 1 amide bonds. The number of hydrogen-bond acceptors (Lipinski definition) is 5. The van der Waals surface area contributed by atoms with Crippen molar-refractivity contribution in [2.75, 3.05) is 5.32 Å². The summed E-state index contributed by atoms with van der Waals surface area (Å²) < 4.78 is 0. The van der Waals surface area contributed by atoms with E-state index in [9.17, 15) is 9.59 Å². The second kappa shape index (κ2) is 6.22. The lowest BCUT2D eigenvalue weighted by Gasteiger charge is -2.21. The van der Waals surface area contributed by atoms with E-state index in [4.69, 9.17) is 5.73 Å². The predicted molar refractivity (Wildman–Crippen MR) is 80.8 cm³/mol. The van der Waals surface area contributed by atoms with Gasteiger partial charge in [0.15, 0.2) is 5.78 Å². The van der Waals surface area contributed by atoms with Crippen LogP contribution in [-0.4, -0.2) is 34.8 Å². The number of hydrogen-bond donors (Lipinski definition) is 3. The maximum absolute atomic E-state index is 12.2. The number of ketones is 1. The van der Waals surface area contributed by atoms with Crippen molar-refractivity contribution >= 4 is 17.5 Å². The molecule has 2 rings (SSSR count). The van der Waals surface area contributed by atoms with Gasteiger partial charge in [0.25, 0.3) is 0 Å². The molecule has 114 valence electrons. The van der Waals surface area contributed by atoms with Gasteiger partial charge in [0, 0.05) is 12.6 Å². The zero-order valence-electron chi connectivity index (χ0n) is 12.6. The van der Waals surface area contributed by atoms with Gasteiger partial charge in [-0.2, -0.15) is 0 Å². The van der Waals surface area contributed by atoms with E-state index in [1.54, 1.807) is 13.1 Å². The fraction of sp³-hybridized carbons (Fsp3) is 0.533. The summed E-state index contributed by atoms with van der Waals surface area (Å²) in [5.41, 5.74) is 6.84. The first-order valence-corrected chi connectivity index (χ1v) is 7.20. The van der Waals surface area contributed by atoms with E-state index in [-0.39, 0.29) is 23.7 Å². The Balaban J connectivity index is 1.93. The normalized spacial score (nSPS) is 19.6. The molecule has 1 aromatic rings. The number of nitrogens with two attached hydrogens (primary N) is 1. The highest BCUT2D eigenvalue weighted by Gasteiger charge is 2.30. The molecule has 0 spiro atoms. The van der Waals surface area contributed by atoms with Crippen LogP contribution in [0.2, 0.25) is 0 Å². The van der Waals surface area contributed by atoms with E-state index in [0.29, 0.717) is 6.42 Å². The van der Waals surface area contributed by atoms with Crippen molar-refractivity contribution in [3.63, 3.8) is 0 Å². The molecule has 0 aromatic carbocycles. The van der Waals surface area contributed by atoms with Crippen molar-refractivity contribution < 1.29 is 9.59 Å². The van der Waals surface area contributed by atoms with Crippen LogP contribution in [0, 0.1) is 5.92 Å². The summed E-state index contributed by atoms with van der Waals surface area (Å²) in [7, 11) is 0. The van der Waals surface area contributed by atoms with Crippen LogP contribution in [0.5, 0.6) is 0 Å². The molecule has 1 aromatic heterocycles. The molecule has 6 nitrogen and oxygen atoms in total. The number of anilines is 1. The molecule has 0 saturated carbocycles. The molecule has 4 N–H and O–H groups in total. The van der Waals surface area contributed by atoms with Crippen LogP contribution in [-0.2, 0) is 16.0 Å². The van der Waals surface area contributed by atoms with Crippen molar-refractivity contribution in [2.24, 2.45) is 11.7 Å². The number of carbonyl (C=O) groups excluding carboxylic acids is 2. The average Bonchev–Trinajstić information content (AvgIpc) is 2.89. The predicted octanol–water partition coefficient (Wildman–Crippen LogP) is 0.475. The van der Waals surface area contributed by atoms with E-state index in [0.717, 1.165) is 11.4 Å². The number of carbonyl (C=O) groups is 2. The third-order valence-corrected chi connectivity index (χ3v) is 3.78. The fourth-order valence-corrected chi connectivity index (χ4v) is 2.33. The minimum absolute atomic E-state index is 0.0508. The second-order valence-electron chi connectivity index (χ2n) is 5.81. The number of nitrogens with one attached hydrogen (secondary N) is 2. The summed E-state index contributed by atoms with van der Waals surface area (Å²) in [4.78, 5) is 28.5. The number of pyridine rings is 1. The van der Waals surface area contributed by atoms with Crippen molar-refractivity contribution in [3.8, 4) is 0 Å². The van der Waals surface area contributed by atoms with E-state index >= 15 is 0 Å². The molecule has 3 atom stereocenters. The van der Waals surface area contributed by atoms with Gasteiger partial charge >= 0.3 is 0 Å². The van der Waals surface area contributed by atoms with E-state index in [1.807, 2.05) is 26.0 Å². The standard InChI is InChI=1S/C15H22N4O2/c1-8(2)12(16)13(20)9(3)18-15(21)11-7-10-5-4-6-17-14(10)19-11/h4-6,8-9,11-12H,7,16H2,1-3H3,(H,17,19)(H,18,21)/t9?,11?,12-/m0/s1. The van der Waals surface area contributed by atoms with Crippen LogP contribution in [0.4, 0.5) is 5.82 Å². The molecular formula is C15H22N4O2. The van der Waals surface area contributed by atoms with E-state index in [2.05, 4.69) is 15.6 Å². The van der Waals surface area contributed by atoms with Crippen molar-refractivity contribution in [1.82, 2.24) is 10.3 Å². The second-order valence-corrected chi connectivity index (χ2v) is 5.81. The average molecular weight is 290 g/mol. The number of amides is 1. The minimum Gasteiger partial charge on any atom is -0.358 e. The molecular weight excluding hydrogens is 268 g/mol. The van der Waals surface area contributed by atoms with Crippen LogP contribution in [0.3, 0.4) is 0 Å². The van der Waals surface area contributed by atoms with Gasteiger partial charge in [-0.1, -0.05) is 19.9 Å². The Morgan fingerprint density at radius 2 is 2.14 bits per heavy atom. The molecule has 1 aliphatic rings. The van der Waals surface area contributed by atoms with Gasteiger partial charge < -0.3 is 16.4 Å². The van der Waals surface area contributed by atoms with E-state index < -0.39 is 12.1 Å². The van der Waals surface area contributed by atoms with Gasteiger partial charge in [0.05, 0.1) is 12.1 Å². The summed E-state index contributed by atoms with van der Waals surface area (Å²) in [5, 5.41) is 5.80. The highest BCUT2D eigenvalue weighted by molar-refractivity contribution is 5.94. The van der Waals surface area contributed by atoms with Gasteiger partial charge in [-0.05, 0) is 24.5 Å². The Morgan fingerprint density at radius 1 is 1.43 bits per heavy atom. The Labute approximate surface area is 124 Å². The number of fused-ring (bicyclic) bond motifs is 1. The van der Waals surface area contributed by atoms with Crippen LogP contribution >= 0.6 is 0 Å². The highest BCUT2D eigenvalue weighted by Crippen LogP contribution is 2.22. The molecule has 0 radical (unpaired) electrons. The lowest BCUT2D eigenvalue weighted by molar-refractivity contribution is -0.128. The number of Topliss-reactive ketones (excluding diaryl/α,β-unsaturated/α-hetero) is 1. The Hall–Kier alpha value is -1.95. The molecule has 0 bridgehead atoms. The first-order valence-electron chi connectivity index (χ1n) is 7.20. The first-order chi connectivity index (χ1) is 9.90. The van der Waals surface area contributed by atoms with Gasteiger partial charge in [-0.3, -0.25) is 9.59 Å². The third kappa shape index (κ3) is 3.39. The van der Waals surface area contributed by atoms with Crippen LogP contribution < -0.4 is 16.4 Å². The number of rotatable bonds is 5. The van der Waals surface area contributed by atoms with Crippen LogP contribution in [0.15, 0.2) is 18.3 Å². The van der Waals surface area contributed by atoms with Crippen LogP contribution in [0.25, 0.3) is 0 Å². The quantitative estimate of drug-likeness (QED) is 0.732. The minimum atomic E-state index is -0.589. The topological polar surface area (TPSA) is 97.1 Å². The Morgan fingerprint density at radius 3 is 2.76 bits per heavy atom. The molecule has 0 saturated heterocycles. The lowest BCUT2D eigenvalue weighted by atomic mass is 9.96. The lowest BCUT2D eigenvalue weighted by Crippen LogP contribution is -2.51. The van der Waals surface area contributed by atoms with Gasteiger partial charge in [-0.15, -0.1) is 0 Å². The zero-order chi connectivity index (χ0) is 15.6. The van der Waals surface area contributed by atoms with Crippen LogP contribution in [0.1, 0.15) is 26.3 Å². The maximum atomic E-state index is 12.2. The maximum Gasteiger partial charge on any atom is 0.243 e. The van der Waals surface area contributed by atoms with Gasteiger partial charge in [0.2, 0.25) is 5.91 Å². The molecule has 6 heteroatoms. The summed E-state index contributed by atoms with van der Waals surface area (Å²) >= 11 is 0. The fourth-order valence-electron chi connectivity index (χ4n) is 2.33. The highest BCUT2D eigenvalue weighted by atomic mass is 16.2.